The molecule has 0 spiro atoms. The molecule has 0 fully saturated rings. The molecule has 0 bridgehead atoms. The van der Waals surface area contributed by atoms with Gasteiger partial charge in [-0.15, -0.1) is 0 Å². The number of carbonyl (C=O) groups excluding carboxylic acids is 3. The largest absolute Gasteiger partial charge is 0.468 e. The molecule has 0 aliphatic rings. The summed E-state index contributed by atoms with van der Waals surface area (Å²) < 4.78 is 10.7. The van der Waals surface area contributed by atoms with Crippen molar-refractivity contribution >= 4 is 28.7 Å². The molecule has 6 heteroatoms. The second-order valence-corrected chi connectivity index (χ2v) is 4.78. The lowest BCUT2D eigenvalue weighted by molar-refractivity contribution is -0.158. The second-order valence-electron chi connectivity index (χ2n) is 4.78. The molecule has 0 radical (unpaired) electrons. The molecular formula is C16H17NO5. The number of carbonyl (C=O) groups is 3. The third-order valence-electron chi connectivity index (χ3n) is 3.49. The van der Waals surface area contributed by atoms with Crippen LogP contribution in [0.25, 0.3) is 10.9 Å². The molecular weight excluding hydrogens is 286 g/mol. The summed E-state index contributed by atoms with van der Waals surface area (Å²) >= 11 is 0. The minimum atomic E-state index is -1.08. The van der Waals surface area contributed by atoms with Crippen LogP contribution in [0.4, 0.5) is 0 Å². The zero-order valence-corrected chi connectivity index (χ0v) is 12.4. The maximum absolute atomic E-state index is 12.3. The van der Waals surface area contributed by atoms with Crippen molar-refractivity contribution in [2.75, 3.05) is 14.2 Å². The van der Waals surface area contributed by atoms with Crippen molar-refractivity contribution in [2.24, 2.45) is 5.92 Å². The van der Waals surface area contributed by atoms with Gasteiger partial charge in [0.25, 0.3) is 0 Å². The van der Waals surface area contributed by atoms with E-state index in [-0.39, 0.29) is 18.7 Å². The van der Waals surface area contributed by atoms with Gasteiger partial charge in [0.2, 0.25) is 5.91 Å². The van der Waals surface area contributed by atoms with E-state index in [0.717, 1.165) is 10.9 Å². The van der Waals surface area contributed by atoms with Crippen LogP contribution in [0.15, 0.2) is 36.5 Å². The molecule has 0 unspecified atom stereocenters. The fraction of sp³-hybridized carbons (Fsp3) is 0.312. The van der Waals surface area contributed by atoms with E-state index in [9.17, 15) is 14.4 Å². The summed E-state index contributed by atoms with van der Waals surface area (Å²) in [5.41, 5.74) is 0.792. The Bertz CT molecular complexity index is 687. The molecule has 6 nitrogen and oxygen atoms in total. The number of esters is 2. The normalized spacial score (nSPS) is 10.7. The Labute approximate surface area is 127 Å². The van der Waals surface area contributed by atoms with E-state index < -0.39 is 17.9 Å². The highest BCUT2D eigenvalue weighted by molar-refractivity contribution is 5.96. The van der Waals surface area contributed by atoms with Crippen LogP contribution < -0.4 is 0 Å². The van der Waals surface area contributed by atoms with Gasteiger partial charge >= 0.3 is 11.9 Å². The highest BCUT2D eigenvalue weighted by Gasteiger charge is 2.29. The minimum absolute atomic E-state index is 0.0353. The van der Waals surface area contributed by atoms with Crippen molar-refractivity contribution in [3.05, 3.63) is 36.5 Å². The van der Waals surface area contributed by atoms with Crippen molar-refractivity contribution in [1.29, 1.82) is 0 Å². The minimum Gasteiger partial charge on any atom is -0.468 e. The number of methoxy groups -OCH3 is 2. The van der Waals surface area contributed by atoms with Gasteiger partial charge in [0.15, 0.2) is 5.92 Å². The number of aromatic nitrogens is 1. The summed E-state index contributed by atoms with van der Waals surface area (Å²) in [5.74, 6) is -2.67. The van der Waals surface area contributed by atoms with Crippen molar-refractivity contribution in [1.82, 2.24) is 4.57 Å². The standard InChI is InChI=1S/C16H17NO5/c1-21-15(19)12(16(20)22-2)7-8-14(18)17-10-9-11-5-3-4-6-13(11)17/h3-6,9-10,12H,7-8H2,1-2H3. The van der Waals surface area contributed by atoms with Crippen molar-refractivity contribution in [3.8, 4) is 0 Å². The van der Waals surface area contributed by atoms with Gasteiger partial charge in [0, 0.05) is 18.0 Å². The molecule has 1 aromatic heterocycles. The Morgan fingerprint density at radius 2 is 1.68 bits per heavy atom. The first-order valence-electron chi connectivity index (χ1n) is 6.83. The van der Waals surface area contributed by atoms with Gasteiger partial charge in [0.1, 0.15) is 0 Å². The summed E-state index contributed by atoms with van der Waals surface area (Å²) in [6.07, 6.45) is 1.76. The van der Waals surface area contributed by atoms with E-state index in [1.807, 2.05) is 30.3 Å². The number of hydrogen-bond donors (Lipinski definition) is 0. The monoisotopic (exact) mass is 303 g/mol. The summed E-state index contributed by atoms with van der Waals surface area (Å²) in [4.78, 5) is 35.5. The molecule has 22 heavy (non-hydrogen) atoms. The number of nitrogens with zero attached hydrogens (tertiary/aromatic N) is 1. The fourth-order valence-corrected chi connectivity index (χ4v) is 2.31. The highest BCUT2D eigenvalue weighted by Crippen LogP contribution is 2.17. The van der Waals surface area contributed by atoms with Gasteiger partial charge in [-0.3, -0.25) is 19.0 Å². The molecule has 0 aliphatic heterocycles. The molecule has 2 rings (SSSR count). The first-order valence-corrected chi connectivity index (χ1v) is 6.83. The average Bonchev–Trinajstić information content (AvgIpc) is 2.98. The van der Waals surface area contributed by atoms with Crippen LogP contribution in [0, 0.1) is 5.92 Å². The van der Waals surface area contributed by atoms with Crippen molar-refractivity contribution in [3.63, 3.8) is 0 Å². The smallest absolute Gasteiger partial charge is 0.320 e. The molecule has 0 amide bonds. The van der Waals surface area contributed by atoms with Crippen molar-refractivity contribution < 1.29 is 23.9 Å². The van der Waals surface area contributed by atoms with Gasteiger partial charge < -0.3 is 9.47 Å². The van der Waals surface area contributed by atoms with E-state index in [0.29, 0.717) is 0 Å². The van der Waals surface area contributed by atoms with Gasteiger partial charge in [-0.05, 0) is 18.6 Å². The number of rotatable bonds is 5. The molecule has 0 saturated carbocycles. The Balaban J connectivity index is 2.11. The lowest BCUT2D eigenvalue weighted by Crippen LogP contribution is -2.27. The molecule has 116 valence electrons. The Kier molecular flexibility index (Phi) is 4.93. The summed E-state index contributed by atoms with van der Waals surface area (Å²) in [5, 5.41) is 0.952. The van der Waals surface area contributed by atoms with E-state index in [4.69, 9.17) is 0 Å². The summed E-state index contributed by atoms with van der Waals surface area (Å²) in [6.45, 7) is 0. The summed E-state index contributed by atoms with van der Waals surface area (Å²) in [6, 6.07) is 9.32. The van der Waals surface area contributed by atoms with E-state index >= 15 is 0 Å². The zero-order valence-electron chi connectivity index (χ0n) is 12.4. The Morgan fingerprint density at radius 1 is 1.05 bits per heavy atom. The molecule has 0 aliphatic carbocycles. The number of para-hydroxylation sites is 1. The molecule has 0 atom stereocenters. The number of benzene rings is 1. The number of fused-ring (bicyclic) bond motifs is 1. The van der Waals surface area contributed by atoms with E-state index in [2.05, 4.69) is 9.47 Å². The predicted molar refractivity (Wildman–Crippen MR) is 79.3 cm³/mol. The van der Waals surface area contributed by atoms with Gasteiger partial charge in [-0.2, -0.15) is 0 Å². The topological polar surface area (TPSA) is 74.6 Å². The van der Waals surface area contributed by atoms with E-state index in [1.54, 1.807) is 6.20 Å². The first-order chi connectivity index (χ1) is 10.6. The van der Waals surface area contributed by atoms with Gasteiger partial charge in [-0.25, -0.2) is 0 Å². The molecule has 0 saturated heterocycles. The Hall–Kier alpha value is -2.63. The van der Waals surface area contributed by atoms with Gasteiger partial charge in [0.05, 0.1) is 19.7 Å². The maximum atomic E-state index is 12.3. The van der Waals surface area contributed by atoms with Crippen LogP contribution in [0.5, 0.6) is 0 Å². The van der Waals surface area contributed by atoms with Crippen molar-refractivity contribution in [2.45, 2.75) is 12.8 Å². The van der Waals surface area contributed by atoms with E-state index in [1.165, 1.54) is 18.8 Å². The molecule has 1 heterocycles. The molecule has 2 aromatic rings. The van der Waals surface area contributed by atoms with Crippen LogP contribution in [0.3, 0.4) is 0 Å². The molecule has 0 N–H and O–H groups in total. The predicted octanol–water partition coefficient (Wildman–Crippen LogP) is 2.02. The first kappa shape index (κ1) is 15.8. The maximum Gasteiger partial charge on any atom is 0.320 e. The second kappa shape index (κ2) is 6.89. The number of hydrogen-bond acceptors (Lipinski definition) is 5. The van der Waals surface area contributed by atoms with Crippen LogP contribution >= 0.6 is 0 Å². The lowest BCUT2D eigenvalue weighted by Gasteiger charge is -2.12. The average molecular weight is 303 g/mol. The third-order valence-corrected chi connectivity index (χ3v) is 3.49. The highest BCUT2D eigenvalue weighted by atomic mass is 16.5. The van der Waals surface area contributed by atoms with Crippen LogP contribution in [-0.2, 0) is 19.1 Å². The Morgan fingerprint density at radius 3 is 2.32 bits per heavy atom. The van der Waals surface area contributed by atoms with Crippen LogP contribution in [0.1, 0.15) is 17.6 Å². The third kappa shape index (κ3) is 3.16. The quantitative estimate of drug-likeness (QED) is 0.624. The fourth-order valence-electron chi connectivity index (χ4n) is 2.31. The lowest BCUT2D eigenvalue weighted by atomic mass is 10.0. The zero-order chi connectivity index (χ0) is 16.1. The molecule has 1 aromatic carbocycles. The number of ether oxygens (including phenoxy) is 2. The van der Waals surface area contributed by atoms with Crippen LogP contribution in [0.2, 0.25) is 0 Å². The SMILES string of the molecule is COC(=O)C(CCC(=O)n1ccc2ccccc21)C(=O)OC. The van der Waals surface area contributed by atoms with Gasteiger partial charge in [-0.1, -0.05) is 18.2 Å². The summed E-state index contributed by atoms with van der Waals surface area (Å²) in [7, 11) is 2.39. The van der Waals surface area contributed by atoms with Crippen LogP contribution in [-0.4, -0.2) is 36.6 Å².